The number of Topliss-reactive ketones (excluding diaryl/α,β-unsaturated/α-hetero) is 1. The maximum absolute atomic E-state index is 11.9. The van der Waals surface area contributed by atoms with E-state index in [0.29, 0.717) is 26.3 Å². The fourth-order valence-electron chi connectivity index (χ4n) is 2.56. The number of carbonyl (C=O) groups is 1. The van der Waals surface area contributed by atoms with E-state index in [1.807, 2.05) is 0 Å². The molecule has 0 unspecified atom stereocenters. The molecule has 1 saturated heterocycles. The van der Waals surface area contributed by atoms with Crippen LogP contribution in [0, 0.1) is 10.1 Å². The Labute approximate surface area is 120 Å². The molecule has 2 heterocycles. The van der Waals surface area contributed by atoms with Gasteiger partial charge < -0.3 is 9.64 Å². The van der Waals surface area contributed by atoms with Crippen LogP contribution in [0.25, 0.3) is 0 Å². The van der Waals surface area contributed by atoms with E-state index >= 15 is 0 Å². The summed E-state index contributed by atoms with van der Waals surface area (Å²) in [7, 11) is -3.69. The van der Waals surface area contributed by atoms with Crippen LogP contribution in [0.3, 0.4) is 0 Å². The predicted molar refractivity (Wildman–Crippen MR) is 72.5 cm³/mol. The summed E-state index contributed by atoms with van der Waals surface area (Å²) in [5, 5.41) is 11.2. The number of benzene rings is 1. The van der Waals surface area contributed by atoms with Crippen LogP contribution in [0.15, 0.2) is 17.0 Å². The zero-order valence-electron chi connectivity index (χ0n) is 10.9. The quantitative estimate of drug-likeness (QED) is 0.574. The van der Waals surface area contributed by atoms with Crippen LogP contribution >= 0.6 is 0 Å². The molecule has 0 bridgehead atoms. The van der Waals surface area contributed by atoms with E-state index in [-0.39, 0.29) is 21.8 Å². The predicted octanol–water partition coefficient (Wildman–Crippen LogP) is 0.401. The fraction of sp³-hybridized carbons (Fsp3) is 0.417. The van der Waals surface area contributed by atoms with Gasteiger partial charge in [-0.05, 0) is 6.07 Å². The summed E-state index contributed by atoms with van der Waals surface area (Å²) in [5.74, 6) is -1.21. The number of sulfone groups is 1. The molecule has 1 aromatic carbocycles. The Morgan fingerprint density at radius 2 is 1.90 bits per heavy atom. The Hall–Kier alpha value is -2.00. The Balaban J connectivity index is 2.19. The lowest BCUT2D eigenvalue weighted by atomic mass is 10.1. The lowest BCUT2D eigenvalue weighted by molar-refractivity contribution is -0.384. The normalized spacial score (nSPS) is 20.4. The minimum Gasteiger partial charge on any atom is -0.378 e. The molecular weight excluding hydrogens is 300 g/mol. The number of nitro benzene ring substituents is 1. The van der Waals surface area contributed by atoms with Crippen molar-refractivity contribution in [3.8, 4) is 0 Å². The van der Waals surface area contributed by atoms with Gasteiger partial charge in [0.05, 0.1) is 23.0 Å². The second-order valence-electron chi connectivity index (χ2n) is 4.88. The van der Waals surface area contributed by atoms with Crippen LogP contribution in [-0.4, -0.2) is 51.2 Å². The van der Waals surface area contributed by atoms with Crippen LogP contribution < -0.4 is 4.90 Å². The molecule has 8 nitrogen and oxygen atoms in total. The number of ketones is 1. The van der Waals surface area contributed by atoms with Crippen molar-refractivity contribution in [3.05, 3.63) is 27.8 Å². The van der Waals surface area contributed by atoms with Gasteiger partial charge in [-0.2, -0.15) is 0 Å². The topological polar surface area (TPSA) is 107 Å². The number of morpholine rings is 1. The number of hydrogen-bond acceptors (Lipinski definition) is 7. The van der Waals surface area contributed by atoms with Crippen molar-refractivity contribution in [1.82, 2.24) is 0 Å². The number of nitrogens with zero attached hydrogens (tertiary/aromatic N) is 2. The molecule has 0 atom stereocenters. The van der Waals surface area contributed by atoms with Gasteiger partial charge in [0.15, 0.2) is 15.6 Å². The van der Waals surface area contributed by atoms with Gasteiger partial charge in [0.1, 0.15) is 11.4 Å². The molecule has 0 amide bonds. The molecule has 0 saturated carbocycles. The highest BCUT2D eigenvalue weighted by Gasteiger charge is 2.37. The van der Waals surface area contributed by atoms with Crippen molar-refractivity contribution in [2.45, 2.75) is 4.90 Å². The van der Waals surface area contributed by atoms with Crippen LogP contribution in [0.1, 0.15) is 10.4 Å². The molecule has 112 valence electrons. The van der Waals surface area contributed by atoms with Crippen molar-refractivity contribution >= 4 is 27.0 Å². The largest absolute Gasteiger partial charge is 0.378 e. The van der Waals surface area contributed by atoms with Crippen LogP contribution in [0.4, 0.5) is 11.4 Å². The van der Waals surface area contributed by atoms with E-state index in [9.17, 15) is 23.3 Å². The summed E-state index contributed by atoms with van der Waals surface area (Å²) in [6, 6.07) is 2.33. The monoisotopic (exact) mass is 312 g/mol. The lowest BCUT2D eigenvalue weighted by Gasteiger charge is -2.28. The van der Waals surface area contributed by atoms with E-state index in [1.165, 1.54) is 6.07 Å². The van der Waals surface area contributed by atoms with Crippen LogP contribution in [-0.2, 0) is 14.6 Å². The van der Waals surface area contributed by atoms with Crippen LogP contribution in [0.2, 0.25) is 0 Å². The zero-order valence-corrected chi connectivity index (χ0v) is 11.8. The summed E-state index contributed by atoms with van der Waals surface area (Å²) >= 11 is 0. The first-order chi connectivity index (χ1) is 9.90. The average molecular weight is 312 g/mol. The standard InChI is InChI=1S/C12H12N2O6S/c15-11-7-21(18,19)12-6-9(13-1-3-20-4-2-13)10(14(16)17)5-8(11)12/h5-6H,1-4,7H2. The summed E-state index contributed by atoms with van der Waals surface area (Å²) in [6.07, 6.45) is 0. The third kappa shape index (κ3) is 2.28. The molecule has 21 heavy (non-hydrogen) atoms. The number of ether oxygens (including phenoxy) is 1. The van der Waals surface area contributed by atoms with Crippen molar-refractivity contribution in [2.24, 2.45) is 0 Å². The molecule has 0 radical (unpaired) electrons. The van der Waals surface area contributed by atoms with E-state index < -0.39 is 26.3 Å². The highest BCUT2D eigenvalue weighted by molar-refractivity contribution is 7.92. The van der Waals surface area contributed by atoms with Gasteiger partial charge in [0.25, 0.3) is 5.69 Å². The van der Waals surface area contributed by atoms with Gasteiger partial charge in [-0.1, -0.05) is 0 Å². The second-order valence-corrected chi connectivity index (χ2v) is 6.83. The molecule has 1 fully saturated rings. The smallest absolute Gasteiger partial charge is 0.293 e. The summed E-state index contributed by atoms with van der Waals surface area (Å²) in [4.78, 5) is 23.9. The number of rotatable bonds is 2. The highest BCUT2D eigenvalue weighted by atomic mass is 32.2. The summed E-state index contributed by atoms with van der Waals surface area (Å²) in [6.45, 7) is 1.71. The molecule has 0 N–H and O–H groups in total. The zero-order chi connectivity index (χ0) is 15.2. The Morgan fingerprint density at radius 1 is 1.24 bits per heavy atom. The van der Waals surface area contributed by atoms with Gasteiger partial charge in [-0.25, -0.2) is 8.42 Å². The number of fused-ring (bicyclic) bond motifs is 1. The fourth-order valence-corrected chi connectivity index (χ4v) is 4.02. The molecule has 3 rings (SSSR count). The Kier molecular flexibility index (Phi) is 3.18. The first kappa shape index (κ1) is 14.0. The minimum absolute atomic E-state index is 0.0845. The van der Waals surface area contributed by atoms with E-state index in [4.69, 9.17) is 4.74 Å². The van der Waals surface area contributed by atoms with Crippen molar-refractivity contribution < 1.29 is 22.9 Å². The molecule has 2 aliphatic heterocycles. The second kappa shape index (κ2) is 4.78. The number of anilines is 1. The van der Waals surface area contributed by atoms with Gasteiger partial charge in [0, 0.05) is 24.7 Å². The molecular formula is C12H12N2O6S. The van der Waals surface area contributed by atoms with Gasteiger partial charge >= 0.3 is 0 Å². The SMILES string of the molecule is O=C1CS(=O)(=O)c2cc(N3CCOCC3)c([N+](=O)[O-])cc21. The summed E-state index contributed by atoms with van der Waals surface area (Å²) < 4.78 is 29.1. The minimum atomic E-state index is -3.69. The first-order valence-corrected chi connectivity index (χ1v) is 7.96. The van der Waals surface area contributed by atoms with Crippen molar-refractivity contribution in [2.75, 3.05) is 37.0 Å². The first-order valence-electron chi connectivity index (χ1n) is 6.31. The maximum Gasteiger partial charge on any atom is 0.293 e. The van der Waals surface area contributed by atoms with E-state index in [0.717, 1.165) is 6.07 Å². The molecule has 9 heteroatoms. The third-order valence-corrected chi connectivity index (χ3v) is 5.23. The Bertz CT molecular complexity index is 736. The number of carbonyl (C=O) groups excluding carboxylic acids is 1. The van der Waals surface area contributed by atoms with E-state index in [1.54, 1.807) is 4.90 Å². The average Bonchev–Trinajstić information content (AvgIpc) is 2.68. The van der Waals surface area contributed by atoms with Gasteiger partial charge in [-0.3, -0.25) is 14.9 Å². The lowest BCUT2D eigenvalue weighted by Crippen LogP contribution is -2.36. The molecule has 0 spiro atoms. The van der Waals surface area contributed by atoms with Crippen molar-refractivity contribution in [3.63, 3.8) is 0 Å². The maximum atomic E-state index is 11.9. The van der Waals surface area contributed by atoms with Gasteiger partial charge in [0.2, 0.25) is 0 Å². The molecule has 1 aromatic rings. The molecule has 2 aliphatic rings. The van der Waals surface area contributed by atoms with Gasteiger partial charge in [-0.15, -0.1) is 0 Å². The number of hydrogen-bond donors (Lipinski definition) is 0. The molecule has 0 aromatic heterocycles. The highest BCUT2D eigenvalue weighted by Crippen LogP contribution is 2.37. The number of nitro groups is 1. The third-order valence-electron chi connectivity index (χ3n) is 3.58. The van der Waals surface area contributed by atoms with Crippen molar-refractivity contribution in [1.29, 1.82) is 0 Å². The Morgan fingerprint density at radius 3 is 2.52 bits per heavy atom. The summed E-state index contributed by atoms with van der Waals surface area (Å²) in [5.41, 5.74) is -0.111. The van der Waals surface area contributed by atoms with E-state index in [2.05, 4.69) is 0 Å². The van der Waals surface area contributed by atoms with Crippen LogP contribution in [0.5, 0.6) is 0 Å². The molecule has 0 aliphatic carbocycles.